The van der Waals surface area contributed by atoms with Crippen LogP contribution in [0.15, 0.2) is 0 Å². The van der Waals surface area contributed by atoms with Crippen molar-refractivity contribution in [3.8, 4) is 0 Å². The number of hydrogen-bond donors (Lipinski definition) is 2. The number of hydrogen-bond acceptors (Lipinski definition) is 3. The second kappa shape index (κ2) is 4.14. The summed E-state index contributed by atoms with van der Waals surface area (Å²) in [6.07, 6.45) is 8.20. The molecular weight excluding hydrogens is 246 g/mol. The van der Waals surface area contributed by atoms with Crippen LogP contribution in [0.1, 0.15) is 45.4 Å². The third-order valence-corrected chi connectivity index (χ3v) is 7.01. The minimum atomic E-state index is -1.08. The molecule has 4 aliphatic carbocycles. The molecule has 4 heteroatoms. The van der Waals surface area contributed by atoms with Crippen LogP contribution >= 0.6 is 11.8 Å². The van der Waals surface area contributed by atoms with Gasteiger partial charge in [-0.15, -0.1) is 0 Å². The van der Waals surface area contributed by atoms with Crippen molar-refractivity contribution >= 4 is 17.7 Å². The minimum Gasteiger partial charge on any atom is -0.480 e. The van der Waals surface area contributed by atoms with E-state index in [1.54, 1.807) is 6.92 Å². The van der Waals surface area contributed by atoms with Crippen LogP contribution in [0.2, 0.25) is 0 Å². The van der Waals surface area contributed by atoms with Gasteiger partial charge in [-0.3, -0.25) is 4.79 Å². The Labute approximate surface area is 113 Å². The fraction of sp³-hybridized carbons (Fsp3) is 0.929. The third-order valence-electron chi connectivity index (χ3n) is 5.15. The maximum atomic E-state index is 11.1. The molecule has 4 rings (SSSR count). The Hall–Kier alpha value is -0.220. The first kappa shape index (κ1) is 12.8. The van der Waals surface area contributed by atoms with Crippen molar-refractivity contribution in [1.82, 2.24) is 0 Å². The maximum Gasteiger partial charge on any atom is 0.324 e. The second-order valence-corrected chi connectivity index (χ2v) is 8.56. The van der Waals surface area contributed by atoms with E-state index in [0.717, 1.165) is 17.8 Å². The highest BCUT2D eigenvalue weighted by molar-refractivity contribution is 8.00. The molecule has 0 aliphatic heterocycles. The quantitative estimate of drug-likeness (QED) is 0.823. The molecule has 18 heavy (non-hydrogen) atoms. The highest BCUT2D eigenvalue weighted by Gasteiger charge is 2.51. The Morgan fingerprint density at radius 1 is 1.28 bits per heavy atom. The van der Waals surface area contributed by atoms with Crippen molar-refractivity contribution < 1.29 is 9.90 Å². The van der Waals surface area contributed by atoms with E-state index in [9.17, 15) is 4.79 Å². The summed E-state index contributed by atoms with van der Waals surface area (Å²) in [5, 5.41) is 9.12. The monoisotopic (exact) mass is 269 g/mol. The van der Waals surface area contributed by atoms with Gasteiger partial charge in [0.05, 0.1) is 0 Å². The molecule has 4 aliphatic rings. The fourth-order valence-corrected chi connectivity index (χ4v) is 6.36. The maximum absolute atomic E-state index is 11.1. The van der Waals surface area contributed by atoms with E-state index in [2.05, 4.69) is 0 Å². The average molecular weight is 269 g/mol. The van der Waals surface area contributed by atoms with E-state index in [1.165, 1.54) is 38.5 Å². The van der Waals surface area contributed by atoms with Crippen molar-refractivity contribution in [2.24, 2.45) is 23.5 Å². The molecule has 0 saturated heterocycles. The van der Waals surface area contributed by atoms with E-state index >= 15 is 0 Å². The lowest BCUT2D eigenvalue weighted by atomic mass is 9.56. The Morgan fingerprint density at radius 2 is 1.72 bits per heavy atom. The molecular formula is C14H23NO2S. The zero-order valence-electron chi connectivity index (χ0n) is 11.0. The van der Waals surface area contributed by atoms with Gasteiger partial charge in [-0.25, -0.2) is 0 Å². The van der Waals surface area contributed by atoms with E-state index in [4.69, 9.17) is 10.8 Å². The predicted octanol–water partition coefficient (Wildman–Crippen LogP) is 2.49. The van der Waals surface area contributed by atoms with Crippen LogP contribution in [-0.4, -0.2) is 27.1 Å². The number of thioether (sulfide) groups is 1. The molecule has 0 spiro atoms. The summed E-state index contributed by atoms with van der Waals surface area (Å²) in [4.78, 5) is 11.1. The molecule has 1 unspecified atom stereocenters. The molecule has 3 N–H and O–H groups in total. The van der Waals surface area contributed by atoms with Crippen molar-refractivity contribution in [1.29, 1.82) is 0 Å². The Bertz CT molecular complexity index is 332. The minimum absolute atomic E-state index is 0.366. The molecule has 0 aromatic rings. The number of carboxylic acid groups (broad SMARTS) is 1. The van der Waals surface area contributed by atoms with Crippen LogP contribution < -0.4 is 5.73 Å². The number of rotatable bonds is 4. The normalized spacial score (nSPS) is 44.9. The molecule has 4 bridgehead atoms. The van der Waals surface area contributed by atoms with Gasteiger partial charge in [0, 0.05) is 10.5 Å². The summed E-state index contributed by atoms with van der Waals surface area (Å²) in [7, 11) is 0. The highest BCUT2D eigenvalue weighted by Crippen LogP contribution is 2.60. The summed E-state index contributed by atoms with van der Waals surface area (Å²) in [5.74, 6) is 2.42. The summed E-state index contributed by atoms with van der Waals surface area (Å²) in [6.45, 7) is 1.64. The Kier molecular flexibility index (Phi) is 2.94. The number of aliphatic carboxylic acids is 1. The zero-order chi connectivity index (χ0) is 13.0. The van der Waals surface area contributed by atoms with Gasteiger partial charge in [0.15, 0.2) is 0 Å². The summed E-state index contributed by atoms with van der Waals surface area (Å²) in [6, 6.07) is 0. The highest BCUT2D eigenvalue weighted by atomic mass is 32.2. The van der Waals surface area contributed by atoms with Crippen LogP contribution in [-0.2, 0) is 4.79 Å². The van der Waals surface area contributed by atoms with E-state index in [0.29, 0.717) is 10.5 Å². The molecule has 3 nitrogen and oxygen atoms in total. The standard InChI is InChI=1S/C14H23NO2S/c1-13(15,12(16)17)8-18-14-5-9-2-10(6-14)4-11(3-9)7-14/h9-11H,2-8,15H2,1H3,(H,16,17). The van der Waals surface area contributed by atoms with Gasteiger partial charge in [-0.05, 0) is 63.2 Å². The molecule has 4 fully saturated rings. The van der Waals surface area contributed by atoms with E-state index in [-0.39, 0.29) is 0 Å². The lowest BCUT2D eigenvalue weighted by molar-refractivity contribution is -0.141. The first-order valence-corrected chi connectivity index (χ1v) is 8.03. The summed E-state index contributed by atoms with van der Waals surface area (Å²) in [5.41, 5.74) is 4.79. The van der Waals surface area contributed by atoms with E-state index < -0.39 is 11.5 Å². The van der Waals surface area contributed by atoms with Crippen molar-refractivity contribution in [2.75, 3.05) is 5.75 Å². The van der Waals surface area contributed by atoms with Crippen molar-refractivity contribution in [2.45, 2.75) is 55.7 Å². The van der Waals surface area contributed by atoms with Gasteiger partial charge in [-0.2, -0.15) is 11.8 Å². The van der Waals surface area contributed by atoms with E-state index in [1.807, 2.05) is 11.8 Å². The zero-order valence-corrected chi connectivity index (χ0v) is 11.8. The molecule has 1 atom stereocenters. The Morgan fingerprint density at radius 3 is 2.11 bits per heavy atom. The predicted molar refractivity (Wildman–Crippen MR) is 73.6 cm³/mol. The first-order chi connectivity index (χ1) is 8.39. The van der Waals surface area contributed by atoms with Gasteiger partial charge < -0.3 is 10.8 Å². The third kappa shape index (κ3) is 2.18. The molecule has 0 radical (unpaired) electrons. The van der Waals surface area contributed by atoms with Gasteiger partial charge in [-0.1, -0.05) is 0 Å². The molecule has 0 aromatic heterocycles. The van der Waals surface area contributed by atoms with Crippen molar-refractivity contribution in [3.63, 3.8) is 0 Å². The van der Waals surface area contributed by atoms with Gasteiger partial charge in [0.2, 0.25) is 0 Å². The SMILES string of the molecule is CC(N)(CSC12CC3CC(CC(C3)C1)C2)C(=O)O. The van der Waals surface area contributed by atoms with Gasteiger partial charge >= 0.3 is 5.97 Å². The molecule has 0 heterocycles. The van der Waals surface area contributed by atoms with Crippen LogP contribution in [0, 0.1) is 17.8 Å². The topological polar surface area (TPSA) is 63.3 Å². The van der Waals surface area contributed by atoms with Crippen LogP contribution in [0.25, 0.3) is 0 Å². The number of carbonyl (C=O) groups is 1. The van der Waals surface area contributed by atoms with Crippen molar-refractivity contribution in [3.05, 3.63) is 0 Å². The lowest BCUT2D eigenvalue weighted by Crippen LogP contribution is -2.52. The second-order valence-electron chi connectivity index (χ2n) is 7.11. The van der Waals surface area contributed by atoms with Crippen LogP contribution in [0.3, 0.4) is 0 Å². The summed E-state index contributed by atoms with van der Waals surface area (Å²) >= 11 is 1.86. The fourth-order valence-electron chi connectivity index (χ4n) is 4.57. The molecule has 0 amide bonds. The Balaban J connectivity index is 1.67. The van der Waals surface area contributed by atoms with Crippen LogP contribution in [0.4, 0.5) is 0 Å². The molecule has 102 valence electrons. The van der Waals surface area contributed by atoms with Crippen LogP contribution in [0.5, 0.6) is 0 Å². The summed E-state index contributed by atoms with van der Waals surface area (Å²) < 4.78 is 0.366. The lowest BCUT2D eigenvalue weighted by Gasteiger charge is -2.56. The average Bonchev–Trinajstić information content (AvgIpc) is 2.24. The molecule has 0 aromatic carbocycles. The smallest absolute Gasteiger partial charge is 0.324 e. The number of carboxylic acids is 1. The van der Waals surface area contributed by atoms with Gasteiger partial charge in [0.25, 0.3) is 0 Å². The largest absolute Gasteiger partial charge is 0.480 e. The van der Waals surface area contributed by atoms with Gasteiger partial charge in [0.1, 0.15) is 5.54 Å². The molecule has 4 saturated carbocycles. The number of nitrogens with two attached hydrogens (primary N) is 1. The first-order valence-electron chi connectivity index (χ1n) is 7.05.